The summed E-state index contributed by atoms with van der Waals surface area (Å²) in [7, 11) is 3.00. The van der Waals surface area contributed by atoms with Crippen LogP contribution in [0.5, 0.6) is 5.75 Å². The molecular weight excluding hydrogens is 347 g/mol. The fourth-order valence-electron chi connectivity index (χ4n) is 2.19. The number of hydrogen-bond donors (Lipinski definition) is 1. The highest BCUT2D eigenvalue weighted by atomic mass is 35.5. The van der Waals surface area contributed by atoms with E-state index in [-0.39, 0.29) is 29.5 Å². The molecule has 7 heteroatoms. The lowest BCUT2D eigenvalue weighted by atomic mass is 10.1. The van der Waals surface area contributed by atoms with E-state index in [1.807, 2.05) is 0 Å². The zero-order valence-electron chi connectivity index (χ0n) is 13.9. The van der Waals surface area contributed by atoms with Crippen LogP contribution >= 0.6 is 11.6 Å². The molecule has 0 saturated carbocycles. The molecule has 0 unspecified atom stereocenters. The van der Waals surface area contributed by atoms with Crippen LogP contribution in [-0.2, 0) is 16.0 Å². The summed E-state index contributed by atoms with van der Waals surface area (Å²) in [6.45, 7) is -0.165. The number of amides is 2. The van der Waals surface area contributed by atoms with E-state index < -0.39 is 11.7 Å². The molecule has 0 fully saturated rings. The van der Waals surface area contributed by atoms with Crippen LogP contribution in [-0.4, -0.2) is 37.4 Å². The van der Waals surface area contributed by atoms with Gasteiger partial charge in [-0.2, -0.15) is 0 Å². The van der Waals surface area contributed by atoms with E-state index in [9.17, 15) is 14.0 Å². The Morgan fingerprint density at radius 3 is 2.64 bits per heavy atom. The van der Waals surface area contributed by atoms with E-state index in [1.54, 1.807) is 24.3 Å². The van der Waals surface area contributed by atoms with E-state index in [0.29, 0.717) is 11.4 Å². The summed E-state index contributed by atoms with van der Waals surface area (Å²) in [5, 5.41) is 2.86. The van der Waals surface area contributed by atoms with E-state index in [1.165, 1.54) is 37.3 Å². The highest BCUT2D eigenvalue weighted by molar-refractivity contribution is 6.31. The molecule has 0 aliphatic heterocycles. The smallest absolute Gasteiger partial charge is 0.243 e. The fraction of sp³-hybridized carbons (Fsp3) is 0.222. The van der Waals surface area contributed by atoms with Gasteiger partial charge >= 0.3 is 0 Å². The number of ether oxygens (including phenoxy) is 1. The molecule has 0 aliphatic rings. The van der Waals surface area contributed by atoms with E-state index in [2.05, 4.69) is 5.32 Å². The minimum Gasteiger partial charge on any atom is -0.497 e. The highest BCUT2D eigenvalue weighted by Crippen LogP contribution is 2.20. The predicted octanol–water partition coefficient (Wildman–Crippen LogP) is 3.13. The van der Waals surface area contributed by atoms with Gasteiger partial charge in [-0.1, -0.05) is 23.7 Å². The lowest BCUT2D eigenvalue weighted by Gasteiger charge is -2.17. The molecule has 25 heavy (non-hydrogen) atoms. The number of benzene rings is 2. The maximum Gasteiger partial charge on any atom is 0.243 e. The summed E-state index contributed by atoms with van der Waals surface area (Å²) >= 11 is 5.92. The molecule has 2 aromatic carbocycles. The van der Waals surface area contributed by atoms with Crippen LogP contribution in [0.15, 0.2) is 42.5 Å². The number of nitrogens with zero attached hydrogens (tertiary/aromatic N) is 1. The third-order valence-corrected chi connectivity index (χ3v) is 3.90. The van der Waals surface area contributed by atoms with E-state index in [0.717, 1.165) is 0 Å². The van der Waals surface area contributed by atoms with Crippen molar-refractivity contribution in [2.24, 2.45) is 0 Å². The van der Waals surface area contributed by atoms with Gasteiger partial charge in [0.05, 0.1) is 20.1 Å². The Balaban J connectivity index is 1.95. The van der Waals surface area contributed by atoms with Crippen LogP contribution < -0.4 is 10.1 Å². The summed E-state index contributed by atoms with van der Waals surface area (Å²) in [5.41, 5.74) is 0.677. The van der Waals surface area contributed by atoms with E-state index >= 15 is 0 Å². The first-order chi connectivity index (χ1) is 11.9. The van der Waals surface area contributed by atoms with Gasteiger partial charge in [0.25, 0.3) is 0 Å². The Morgan fingerprint density at radius 2 is 1.96 bits per heavy atom. The van der Waals surface area contributed by atoms with Gasteiger partial charge in [0.2, 0.25) is 11.8 Å². The van der Waals surface area contributed by atoms with Crippen molar-refractivity contribution in [2.75, 3.05) is 26.0 Å². The maximum absolute atomic E-state index is 13.7. The van der Waals surface area contributed by atoms with Crippen LogP contribution in [0.3, 0.4) is 0 Å². The molecule has 2 aromatic rings. The molecule has 0 bridgehead atoms. The highest BCUT2D eigenvalue weighted by Gasteiger charge is 2.17. The SMILES string of the molecule is COc1cccc(NC(=O)CN(C)C(=O)Cc2c(F)cccc2Cl)c1. The Labute approximate surface area is 150 Å². The number of anilines is 1. The monoisotopic (exact) mass is 364 g/mol. The van der Waals surface area contributed by atoms with Crippen molar-refractivity contribution < 1.29 is 18.7 Å². The first-order valence-corrected chi connectivity index (χ1v) is 7.89. The van der Waals surface area contributed by atoms with Crippen molar-refractivity contribution in [3.8, 4) is 5.75 Å². The van der Waals surface area contributed by atoms with Gasteiger partial charge in [0.1, 0.15) is 11.6 Å². The quantitative estimate of drug-likeness (QED) is 0.856. The number of rotatable bonds is 6. The second-order valence-electron chi connectivity index (χ2n) is 5.41. The van der Waals surface area contributed by atoms with Crippen molar-refractivity contribution in [1.29, 1.82) is 0 Å². The number of likely N-dealkylation sites (N-methyl/N-ethyl adjacent to an activating group) is 1. The van der Waals surface area contributed by atoms with Crippen molar-refractivity contribution in [1.82, 2.24) is 4.90 Å². The van der Waals surface area contributed by atoms with Crippen LogP contribution in [0.4, 0.5) is 10.1 Å². The number of carbonyl (C=O) groups excluding carboxylic acids is 2. The minimum atomic E-state index is -0.546. The fourth-order valence-corrected chi connectivity index (χ4v) is 2.42. The van der Waals surface area contributed by atoms with Gasteiger partial charge in [-0.25, -0.2) is 4.39 Å². The number of nitrogens with one attached hydrogen (secondary N) is 1. The lowest BCUT2D eigenvalue weighted by molar-refractivity contribution is -0.132. The standard InChI is InChI=1S/C18H18ClFN2O3/c1-22(18(24)10-14-15(19)7-4-8-16(14)20)11-17(23)21-12-5-3-6-13(9-12)25-2/h3-9H,10-11H2,1-2H3,(H,21,23). The topological polar surface area (TPSA) is 58.6 Å². The zero-order chi connectivity index (χ0) is 18.4. The molecule has 2 amide bonds. The molecule has 0 radical (unpaired) electrons. The second-order valence-corrected chi connectivity index (χ2v) is 5.81. The van der Waals surface area contributed by atoms with Gasteiger partial charge in [0.15, 0.2) is 0 Å². The Bertz CT molecular complexity index is 762. The zero-order valence-corrected chi connectivity index (χ0v) is 14.6. The summed E-state index contributed by atoms with van der Waals surface area (Å²) in [6, 6.07) is 11.1. The lowest BCUT2D eigenvalue weighted by Crippen LogP contribution is -2.36. The molecule has 0 aliphatic carbocycles. The van der Waals surface area contributed by atoms with Gasteiger partial charge in [-0.05, 0) is 24.3 Å². The Hall–Kier alpha value is -2.60. The second kappa shape index (κ2) is 8.48. The van der Waals surface area contributed by atoms with Crippen LogP contribution in [0.25, 0.3) is 0 Å². The number of halogens is 2. The van der Waals surface area contributed by atoms with Crippen LogP contribution in [0.2, 0.25) is 5.02 Å². The average Bonchev–Trinajstić information content (AvgIpc) is 2.58. The molecular formula is C18H18ClFN2O3. The first kappa shape index (κ1) is 18.7. The molecule has 0 aromatic heterocycles. The molecule has 5 nitrogen and oxygen atoms in total. The van der Waals surface area contributed by atoms with Crippen molar-refractivity contribution in [3.05, 3.63) is 58.9 Å². The summed E-state index contributed by atoms with van der Waals surface area (Å²) < 4.78 is 18.8. The summed E-state index contributed by atoms with van der Waals surface area (Å²) in [4.78, 5) is 25.5. The Morgan fingerprint density at radius 1 is 1.24 bits per heavy atom. The molecule has 0 saturated heterocycles. The van der Waals surface area contributed by atoms with Gasteiger partial charge in [-0.3, -0.25) is 9.59 Å². The van der Waals surface area contributed by atoms with Crippen molar-refractivity contribution in [3.63, 3.8) is 0 Å². The molecule has 0 heterocycles. The molecule has 132 valence electrons. The normalized spacial score (nSPS) is 10.2. The summed E-state index contributed by atoms with van der Waals surface area (Å²) in [5.74, 6) is -0.719. The molecule has 0 atom stereocenters. The molecule has 0 spiro atoms. The van der Waals surface area contributed by atoms with Crippen molar-refractivity contribution in [2.45, 2.75) is 6.42 Å². The largest absolute Gasteiger partial charge is 0.497 e. The van der Waals surface area contributed by atoms with Crippen LogP contribution in [0.1, 0.15) is 5.56 Å². The maximum atomic E-state index is 13.7. The van der Waals surface area contributed by atoms with Gasteiger partial charge < -0.3 is 15.0 Å². The van der Waals surface area contributed by atoms with Crippen LogP contribution in [0, 0.1) is 5.82 Å². The predicted molar refractivity (Wildman–Crippen MR) is 94.4 cm³/mol. The van der Waals surface area contributed by atoms with Gasteiger partial charge in [-0.15, -0.1) is 0 Å². The van der Waals surface area contributed by atoms with Gasteiger partial charge in [0, 0.05) is 29.4 Å². The molecule has 1 N–H and O–H groups in total. The third-order valence-electron chi connectivity index (χ3n) is 3.55. The number of hydrogen-bond acceptors (Lipinski definition) is 3. The number of methoxy groups -OCH3 is 1. The number of carbonyl (C=O) groups is 2. The first-order valence-electron chi connectivity index (χ1n) is 7.51. The average molecular weight is 365 g/mol. The third kappa shape index (κ3) is 5.19. The van der Waals surface area contributed by atoms with E-state index in [4.69, 9.17) is 16.3 Å². The van der Waals surface area contributed by atoms with Crippen molar-refractivity contribution >= 4 is 29.1 Å². The summed E-state index contributed by atoms with van der Waals surface area (Å²) in [6.07, 6.45) is -0.214. The minimum absolute atomic E-state index is 0.120. The molecule has 2 rings (SSSR count). The Kier molecular flexibility index (Phi) is 6.36.